The minimum absolute atomic E-state index is 0.0111. The Balaban J connectivity index is 0.00000166. The summed E-state index contributed by atoms with van der Waals surface area (Å²) in [5.41, 5.74) is 9.76. The van der Waals surface area contributed by atoms with E-state index in [1.54, 1.807) is 6.07 Å². The van der Waals surface area contributed by atoms with Crippen molar-refractivity contribution < 1.29 is 20.4 Å². The average Bonchev–Trinajstić information content (AvgIpc) is 3.10. The molecule has 0 aliphatic heterocycles. The van der Waals surface area contributed by atoms with Gasteiger partial charge in [-0.3, -0.25) is 5.41 Å². The lowest BCUT2D eigenvalue weighted by molar-refractivity contribution is 0.288. The van der Waals surface area contributed by atoms with Crippen LogP contribution in [0.25, 0.3) is 16.6 Å². The molecule has 2 aromatic carbocycles. The third kappa shape index (κ3) is 4.87. The third-order valence-corrected chi connectivity index (χ3v) is 5.03. The molecule has 1 aromatic heterocycles. The fourth-order valence-electron chi connectivity index (χ4n) is 3.42. The molecular formula is C23H30N4O4. The van der Waals surface area contributed by atoms with Gasteiger partial charge in [0, 0.05) is 38.1 Å². The first-order valence-corrected chi connectivity index (χ1v) is 9.99. The molecule has 0 bridgehead atoms. The number of nitrogens with two attached hydrogens (primary N) is 1. The second kappa shape index (κ2) is 10.6. The quantitative estimate of drug-likeness (QED) is 0.320. The number of aryl methyl sites for hydroxylation is 2. The summed E-state index contributed by atoms with van der Waals surface area (Å²) < 4.78 is 1.86. The van der Waals surface area contributed by atoms with Gasteiger partial charge in [-0.15, -0.1) is 0 Å². The molecule has 0 spiro atoms. The molecule has 3 rings (SSSR count). The molecule has 0 amide bonds. The topological polar surface area (TPSA) is 149 Å². The molecule has 166 valence electrons. The number of rotatable bonds is 7. The smallest absolute Gasteiger partial charge is 0.144 e. The highest BCUT2D eigenvalue weighted by Gasteiger charge is 2.23. The second-order valence-corrected chi connectivity index (χ2v) is 6.94. The molecule has 8 heteroatoms. The number of imidazole rings is 1. The molecule has 7 N–H and O–H groups in total. The van der Waals surface area contributed by atoms with Gasteiger partial charge in [-0.1, -0.05) is 19.1 Å². The normalized spacial score (nSPS) is 11.6. The zero-order valence-electron chi connectivity index (χ0n) is 18.1. The fourth-order valence-corrected chi connectivity index (χ4v) is 3.42. The van der Waals surface area contributed by atoms with Crippen LogP contribution in [0.5, 0.6) is 11.5 Å². The third-order valence-electron chi connectivity index (χ3n) is 5.03. The van der Waals surface area contributed by atoms with E-state index < -0.39 is 0 Å². The molecule has 0 saturated heterocycles. The van der Waals surface area contributed by atoms with Gasteiger partial charge in [-0.2, -0.15) is 0 Å². The number of fused-ring (bicyclic) bond motifs is 1. The van der Waals surface area contributed by atoms with Crippen LogP contribution in [0.3, 0.4) is 0 Å². The summed E-state index contributed by atoms with van der Waals surface area (Å²) in [6.45, 7) is 1.87. The SMILES string of the molecule is CCc1cc(C(=N)/C(=C(\N)CCCO)c2nc3ccccc3n2C)c(O)cc1O.CO. The van der Waals surface area contributed by atoms with Gasteiger partial charge in [-0.25, -0.2) is 4.98 Å². The van der Waals surface area contributed by atoms with Crippen molar-refractivity contribution >= 4 is 22.3 Å². The molecule has 0 aliphatic carbocycles. The lowest BCUT2D eigenvalue weighted by Gasteiger charge is -2.16. The van der Waals surface area contributed by atoms with Crippen molar-refractivity contribution in [2.45, 2.75) is 26.2 Å². The Morgan fingerprint density at radius 3 is 2.42 bits per heavy atom. The van der Waals surface area contributed by atoms with Gasteiger partial charge in [0.2, 0.25) is 0 Å². The molecule has 8 nitrogen and oxygen atoms in total. The first-order chi connectivity index (χ1) is 14.9. The van der Waals surface area contributed by atoms with Crippen molar-refractivity contribution in [3.63, 3.8) is 0 Å². The standard InChI is InChI=1S/C22H26N4O3.CH4O/c1-3-13-11-14(19(29)12-18(13)28)21(24)20(15(23)7-6-10-27)22-25-16-8-4-5-9-17(16)26(22)2;1-2/h4-5,8-9,11-12,24,27-29H,3,6-7,10,23H2,1-2H3;2H,1H3/b20-15+,24-21?;. The summed E-state index contributed by atoms with van der Waals surface area (Å²) >= 11 is 0. The Morgan fingerprint density at radius 2 is 1.81 bits per heavy atom. The predicted molar refractivity (Wildman–Crippen MR) is 122 cm³/mol. The first kappa shape index (κ1) is 23.9. The summed E-state index contributed by atoms with van der Waals surface area (Å²) in [7, 11) is 2.85. The van der Waals surface area contributed by atoms with E-state index in [0.29, 0.717) is 41.9 Å². The number of para-hydroxylation sites is 2. The number of nitrogens with one attached hydrogen (secondary N) is 1. The van der Waals surface area contributed by atoms with Crippen LogP contribution < -0.4 is 5.73 Å². The summed E-state index contributed by atoms with van der Waals surface area (Å²) in [6.07, 6.45) is 1.39. The molecule has 0 unspecified atom stereocenters. The number of hydrogen-bond donors (Lipinski definition) is 6. The zero-order valence-corrected chi connectivity index (χ0v) is 18.1. The summed E-state index contributed by atoms with van der Waals surface area (Å²) in [6, 6.07) is 10.5. The average molecular weight is 427 g/mol. The Hall–Kier alpha value is -3.36. The second-order valence-electron chi connectivity index (χ2n) is 6.94. The number of phenols is 2. The van der Waals surface area contributed by atoms with Crippen LogP contribution in [0, 0.1) is 5.41 Å². The van der Waals surface area contributed by atoms with Crippen molar-refractivity contribution in [1.29, 1.82) is 5.41 Å². The van der Waals surface area contributed by atoms with E-state index in [-0.39, 0.29) is 29.4 Å². The number of aromatic nitrogens is 2. The van der Waals surface area contributed by atoms with Crippen molar-refractivity contribution in [3.8, 4) is 11.5 Å². The lowest BCUT2D eigenvalue weighted by Crippen LogP contribution is -2.15. The maximum atomic E-state index is 10.4. The summed E-state index contributed by atoms with van der Waals surface area (Å²) in [5, 5.41) is 45.5. The minimum atomic E-state index is -0.198. The number of allylic oxidation sites excluding steroid dienone is 2. The van der Waals surface area contributed by atoms with Crippen LogP contribution in [0.4, 0.5) is 0 Å². The van der Waals surface area contributed by atoms with Crippen LogP contribution in [0.1, 0.15) is 36.7 Å². The first-order valence-electron chi connectivity index (χ1n) is 9.99. The number of benzene rings is 2. The Labute approximate surface area is 181 Å². The van der Waals surface area contributed by atoms with Crippen LogP contribution >= 0.6 is 0 Å². The molecule has 3 aromatic rings. The number of nitrogens with zero attached hydrogens (tertiary/aromatic N) is 2. The Morgan fingerprint density at radius 1 is 1.13 bits per heavy atom. The summed E-state index contributed by atoms with van der Waals surface area (Å²) in [4.78, 5) is 4.67. The van der Waals surface area contributed by atoms with Crippen LogP contribution in [0.15, 0.2) is 42.1 Å². The number of aromatic hydroxyl groups is 2. The van der Waals surface area contributed by atoms with Crippen molar-refractivity contribution in [2.75, 3.05) is 13.7 Å². The van der Waals surface area contributed by atoms with Gasteiger partial charge >= 0.3 is 0 Å². The number of aliphatic hydroxyl groups excluding tert-OH is 2. The van der Waals surface area contributed by atoms with Crippen LogP contribution in [0.2, 0.25) is 0 Å². The monoisotopic (exact) mass is 426 g/mol. The molecule has 31 heavy (non-hydrogen) atoms. The van der Waals surface area contributed by atoms with Gasteiger partial charge < -0.3 is 30.7 Å². The predicted octanol–water partition coefficient (Wildman–Crippen LogP) is 2.67. The van der Waals surface area contributed by atoms with E-state index in [2.05, 4.69) is 4.98 Å². The zero-order chi connectivity index (χ0) is 23.1. The maximum Gasteiger partial charge on any atom is 0.144 e. The molecule has 0 aliphatic rings. The molecule has 0 radical (unpaired) electrons. The van der Waals surface area contributed by atoms with Gasteiger partial charge in [0.05, 0.1) is 22.3 Å². The van der Waals surface area contributed by atoms with E-state index in [1.807, 2.05) is 42.8 Å². The Bertz CT molecular complexity index is 1100. The van der Waals surface area contributed by atoms with Gasteiger partial charge in [0.15, 0.2) is 0 Å². The molecule has 1 heterocycles. The van der Waals surface area contributed by atoms with Gasteiger partial charge in [0.25, 0.3) is 0 Å². The molecular weight excluding hydrogens is 396 g/mol. The number of phenolic OH excluding ortho intramolecular Hbond substituents is 2. The van der Waals surface area contributed by atoms with Gasteiger partial charge in [0.1, 0.15) is 17.3 Å². The van der Waals surface area contributed by atoms with Gasteiger partial charge in [-0.05, 0) is 43.0 Å². The lowest BCUT2D eigenvalue weighted by atomic mass is 9.95. The number of aliphatic hydroxyl groups is 2. The van der Waals surface area contributed by atoms with Crippen LogP contribution in [-0.4, -0.2) is 49.4 Å². The van der Waals surface area contributed by atoms with E-state index >= 15 is 0 Å². The Kier molecular flexibility index (Phi) is 8.18. The molecule has 0 atom stereocenters. The highest BCUT2D eigenvalue weighted by atomic mass is 16.3. The van der Waals surface area contributed by atoms with Crippen LogP contribution in [-0.2, 0) is 13.5 Å². The van der Waals surface area contributed by atoms with Crippen molar-refractivity contribution in [3.05, 3.63) is 59.0 Å². The number of hydrogen-bond acceptors (Lipinski definition) is 7. The van der Waals surface area contributed by atoms with E-state index in [4.69, 9.17) is 16.2 Å². The van der Waals surface area contributed by atoms with E-state index in [9.17, 15) is 15.3 Å². The minimum Gasteiger partial charge on any atom is -0.508 e. The molecule has 0 saturated carbocycles. The molecule has 0 fully saturated rings. The largest absolute Gasteiger partial charge is 0.508 e. The highest BCUT2D eigenvalue weighted by Crippen LogP contribution is 2.33. The van der Waals surface area contributed by atoms with E-state index in [0.717, 1.165) is 18.1 Å². The fraction of sp³-hybridized carbons (Fsp3) is 0.304. The van der Waals surface area contributed by atoms with Crippen molar-refractivity contribution in [2.24, 2.45) is 12.8 Å². The van der Waals surface area contributed by atoms with E-state index in [1.165, 1.54) is 6.07 Å². The summed E-state index contributed by atoms with van der Waals surface area (Å²) in [5.74, 6) is 0.302. The maximum absolute atomic E-state index is 10.4. The highest BCUT2D eigenvalue weighted by molar-refractivity contribution is 6.31. The van der Waals surface area contributed by atoms with Crippen molar-refractivity contribution in [1.82, 2.24) is 9.55 Å².